The molecule has 4 rings (SSSR count). The second kappa shape index (κ2) is 5.79. The molecule has 0 aliphatic carbocycles. The second-order valence-corrected chi connectivity index (χ2v) is 5.71. The van der Waals surface area contributed by atoms with E-state index in [2.05, 4.69) is 65.1 Å². The van der Waals surface area contributed by atoms with Gasteiger partial charge in [-0.15, -0.1) is 0 Å². The predicted octanol–water partition coefficient (Wildman–Crippen LogP) is -0.106. The van der Waals surface area contributed by atoms with E-state index in [9.17, 15) is 0 Å². The molecule has 0 saturated carbocycles. The van der Waals surface area contributed by atoms with Crippen molar-refractivity contribution in [1.82, 2.24) is 0 Å². The van der Waals surface area contributed by atoms with Crippen LogP contribution in [0.25, 0.3) is 0 Å². The first kappa shape index (κ1) is 14.6. The molecule has 2 aromatic carbocycles. The van der Waals surface area contributed by atoms with Crippen molar-refractivity contribution < 1.29 is 28.6 Å². The fourth-order valence-corrected chi connectivity index (χ4v) is 3.49. The van der Waals surface area contributed by atoms with E-state index in [4.69, 9.17) is 0 Å². The number of benzene rings is 2. The van der Waals surface area contributed by atoms with Gasteiger partial charge < -0.3 is 24.0 Å². The van der Waals surface area contributed by atoms with Crippen LogP contribution in [0.5, 0.6) is 0 Å². The van der Waals surface area contributed by atoms with E-state index in [0.717, 1.165) is 19.5 Å². The number of nitrogens with zero attached hydrogens (tertiary/aromatic N) is 2. The predicted molar refractivity (Wildman–Crippen MR) is 82.8 cm³/mol. The van der Waals surface area contributed by atoms with Gasteiger partial charge >= 0.3 is 0 Å². The molecular formula is C18H19IN2. The molecule has 2 aliphatic rings. The number of hydrogen-bond acceptors (Lipinski definition) is 1. The lowest BCUT2D eigenvalue weighted by Crippen LogP contribution is -3.00. The number of rotatable bonds is 0. The Hall–Kier alpha value is -1.36. The molecule has 0 amide bonds. The van der Waals surface area contributed by atoms with Crippen molar-refractivity contribution >= 4 is 11.5 Å². The molecule has 0 unspecified atom stereocenters. The zero-order valence-corrected chi connectivity index (χ0v) is 14.4. The van der Waals surface area contributed by atoms with Gasteiger partial charge in [-0.25, -0.2) is 4.90 Å². The Balaban J connectivity index is 0.00000132. The fourth-order valence-electron chi connectivity index (χ4n) is 3.49. The van der Waals surface area contributed by atoms with Gasteiger partial charge in [0.2, 0.25) is 0 Å². The lowest BCUT2D eigenvalue weighted by molar-refractivity contribution is -0.501. The number of para-hydroxylation sites is 1. The molecular weight excluding hydrogens is 371 g/mol. The van der Waals surface area contributed by atoms with E-state index >= 15 is 0 Å². The molecule has 2 heterocycles. The van der Waals surface area contributed by atoms with Crippen LogP contribution in [0.3, 0.4) is 0 Å². The van der Waals surface area contributed by atoms with Crippen molar-refractivity contribution in [3.05, 3.63) is 65.2 Å². The molecule has 2 aromatic rings. The molecule has 0 spiro atoms. The van der Waals surface area contributed by atoms with Crippen molar-refractivity contribution in [3.63, 3.8) is 0 Å². The smallest absolute Gasteiger partial charge is 0.284 e. The zero-order valence-electron chi connectivity index (χ0n) is 12.2. The van der Waals surface area contributed by atoms with Crippen molar-refractivity contribution in [2.45, 2.75) is 12.8 Å². The van der Waals surface area contributed by atoms with Crippen molar-refractivity contribution in [2.75, 3.05) is 25.0 Å². The van der Waals surface area contributed by atoms with E-state index in [-0.39, 0.29) is 24.0 Å². The highest BCUT2D eigenvalue weighted by Crippen LogP contribution is 2.31. The Bertz CT molecular complexity index is 706. The number of hydrogen-bond donors (Lipinski definition) is 0. The van der Waals surface area contributed by atoms with E-state index in [1.54, 1.807) is 0 Å². The minimum atomic E-state index is 0. The Kier molecular flexibility index (Phi) is 4.02. The first-order valence-corrected chi connectivity index (χ1v) is 7.36. The van der Waals surface area contributed by atoms with E-state index in [1.165, 1.54) is 34.6 Å². The van der Waals surface area contributed by atoms with Crippen LogP contribution in [0.2, 0.25) is 0 Å². The van der Waals surface area contributed by atoms with Gasteiger partial charge in [0.25, 0.3) is 5.84 Å². The summed E-state index contributed by atoms with van der Waals surface area (Å²) in [5, 5.41) is 0. The highest BCUT2D eigenvalue weighted by molar-refractivity contribution is 6.09. The molecule has 3 heteroatoms. The monoisotopic (exact) mass is 390 g/mol. The fraction of sp³-hybridized carbons (Fsp3) is 0.278. The maximum absolute atomic E-state index is 2.50. The van der Waals surface area contributed by atoms with Crippen LogP contribution in [0.1, 0.15) is 23.1 Å². The molecule has 2 aliphatic heterocycles. The third-order valence-electron chi connectivity index (χ3n) is 4.41. The number of anilines is 1. The average Bonchev–Trinajstić information content (AvgIpc) is 2.62. The van der Waals surface area contributed by atoms with Crippen molar-refractivity contribution in [3.8, 4) is 0 Å². The van der Waals surface area contributed by atoms with Gasteiger partial charge in [-0.05, 0) is 17.7 Å². The quantitative estimate of drug-likeness (QED) is 0.450. The molecule has 0 radical (unpaired) electrons. The lowest BCUT2D eigenvalue weighted by Gasteiger charge is -2.25. The molecule has 0 saturated heterocycles. The molecule has 0 N–H and O–H groups in total. The number of amidine groups is 1. The van der Waals surface area contributed by atoms with Gasteiger partial charge in [-0.1, -0.05) is 36.4 Å². The molecule has 0 fully saturated rings. The topological polar surface area (TPSA) is 6.25 Å². The summed E-state index contributed by atoms with van der Waals surface area (Å²) < 4.78 is 2.41. The standard InChI is InChI=1S/C18H19N2.HI/c1-19-11-6-12-20-17-10-5-3-8-15(17)13-14-7-2-4-9-16(14)18(19)20;/h2-5,7-10H,6,11-13H2,1H3;1H/q+1;/p-1. The van der Waals surface area contributed by atoms with Crippen LogP contribution >= 0.6 is 0 Å². The molecule has 2 nitrogen and oxygen atoms in total. The summed E-state index contributed by atoms with van der Waals surface area (Å²) in [6, 6.07) is 17.7. The largest absolute Gasteiger partial charge is 1.00 e. The normalized spacial score (nSPS) is 16.3. The zero-order chi connectivity index (χ0) is 13.5. The molecule has 0 bridgehead atoms. The SMILES string of the molecule is C[N+]1=C2c3ccccc3Cc3ccccc3N2CCC1.[I-]. The minimum Gasteiger partial charge on any atom is -1.00 e. The summed E-state index contributed by atoms with van der Waals surface area (Å²) in [5.74, 6) is 1.37. The van der Waals surface area contributed by atoms with Crippen LogP contribution in [0.15, 0.2) is 48.5 Å². The van der Waals surface area contributed by atoms with E-state index in [1.807, 2.05) is 0 Å². The maximum Gasteiger partial charge on any atom is 0.284 e. The Morgan fingerprint density at radius 2 is 1.67 bits per heavy atom. The summed E-state index contributed by atoms with van der Waals surface area (Å²) in [7, 11) is 2.21. The first-order valence-electron chi connectivity index (χ1n) is 7.36. The second-order valence-electron chi connectivity index (χ2n) is 5.71. The van der Waals surface area contributed by atoms with Crippen LogP contribution < -0.4 is 28.9 Å². The van der Waals surface area contributed by atoms with Crippen molar-refractivity contribution in [2.24, 2.45) is 0 Å². The van der Waals surface area contributed by atoms with Crippen LogP contribution in [-0.4, -0.2) is 30.5 Å². The Morgan fingerprint density at radius 3 is 2.52 bits per heavy atom. The van der Waals surface area contributed by atoms with Gasteiger partial charge in [0.1, 0.15) is 5.69 Å². The average molecular weight is 390 g/mol. The molecule has 21 heavy (non-hydrogen) atoms. The Morgan fingerprint density at radius 1 is 0.952 bits per heavy atom. The highest BCUT2D eigenvalue weighted by Gasteiger charge is 2.34. The first-order chi connectivity index (χ1) is 9.84. The van der Waals surface area contributed by atoms with Crippen LogP contribution in [-0.2, 0) is 6.42 Å². The third kappa shape index (κ3) is 2.37. The highest BCUT2D eigenvalue weighted by atomic mass is 127. The Labute approximate surface area is 143 Å². The maximum atomic E-state index is 2.50. The molecule has 0 atom stereocenters. The van der Waals surface area contributed by atoms with Gasteiger partial charge in [0, 0.05) is 18.4 Å². The van der Waals surface area contributed by atoms with Crippen LogP contribution in [0.4, 0.5) is 5.69 Å². The summed E-state index contributed by atoms with van der Waals surface area (Å²) in [6.45, 7) is 2.26. The van der Waals surface area contributed by atoms with E-state index in [0.29, 0.717) is 0 Å². The van der Waals surface area contributed by atoms with Gasteiger partial charge in [-0.2, -0.15) is 0 Å². The van der Waals surface area contributed by atoms with Gasteiger partial charge in [0.05, 0.1) is 25.7 Å². The van der Waals surface area contributed by atoms with E-state index < -0.39 is 0 Å². The lowest BCUT2D eigenvalue weighted by atomic mass is 10.0. The number of halogens is 1. The van der Waals surface area contributed by atoms with Gasteiger partial charge in [-0.3, -0.25) is 4.58 Å². The number of fused-ring (bicyclic) bond motifs is 5. The summed E-state index contributed by atoms with van der Waals surface area (Å²) in [5.41, 5.74) is 5.65. The summed E-state index contributed by atoms with van der Waals surface area (Å²) >= 11 is 0. The summed E-state index contributed by atoms with van der Waals surface area (Å²) in [4.78, 5) is 2.50. The third-order valence-corrected chi connectivity index (χ3v) is 4.41. The van der Waals surface area contributed by atoms with Gasteiger partial charge in [0.15, 0.2) is 0 Å². The summed E-state index contributed by atoms with van der Waals surface area (Å²) in [6.07, 6.45) is 2.25. The van der Waals surface area contributed by atoms with Crippen LogP contribution in [0, 0.1) is 0 Å². The minimum absolute atomic E-state index is 0. The van der Waals surface area contributed by atoms with Crippen molar-refractivity contribution in [1.29, 1.82) is 0 Å². The molecule has 0 aromatic heterocycles. The molecule has 108 valence electrons.